The van der Waals surface area contributed by atoms with E-state index in [1.807, 2.05) is 17.2 Å². The number of ether oxygens (including phenoxy) is 1. The Bertz CT molecular complexity index is 1410. The number of hydrogen-bond acceptors (Lipinski definition) is 7. The van der Waals surface area contributed by atoms with Gasteiger partial charge in [0.05, 0.1) is 15.3 Å². The number of H-pyrrole nitrogens is 1. The number of carbonyl (C=O) groups is 1. The second-order valence-corrected chi connectivity index (χ2v) is 10.2. The van der Waals surface area contributed by atoms with Crippen LogP contribution in [0.15, 0.2) is 43.4 Å². The molecule has 186 valence electrons. The zero-order chi connectivity index (χ0) is 25.2. The zero-order valence-corrected chi connectivity index (χ0v) is 21.1. The van der Waals surface area contributed by atoms with Gasteiger partial charge in [-0.3, -0.25) is 4.79 Å². The van der Waals surface area contributed by atoms with Crippen molar-refractivity contribution in [3.05, 3.63) is 69.8 Å². The highest BCUT2D eigenvalue weighted by Gasteiger charge is 2.26. The number of aromatic nitrogens is 4. The first-order chi connectivity index (χ1) is 17.4. The minimum Gasteiger partial charge on any atom is -0.485 e. The van der Waals surface area contributed by atoms with Gasteiger partial charge in [-0.05, 0) is 55.5 Å². The summed E-state index contributed by atoms with van der Waals surface area (Å²) in [4.78, 5) is 30.3. The lowest BCUT2D eigenvalue weighted by molar-refractivity contribution is -0.127. The van der Waals surface area contributed by atoms with Crippen molar-refractivity contribution < 1.29 is 13.9 Å². The van der Waals surface area contributed by atoms with Crippen LogP contribution in [-0.2, 0) is 11.4 Å². The third-order valence-electron chi connectivity index (χ3n) is 6.25. The van der Waals surface area contributed by atoms with Crippen LogP contribution in [0.2, 0.25) is 5.02 Å². The molecule has 1 aromatic carbocycles. The van der Waals surface area contributed by atoms with Crippen LogP contribution in [0.5, 0.6) is 5.75 Å². The number of rotatable bonds is 7. The van der Waals surface area contributed by atoms with E-state index in [1.165, 1.54) is 23.7 Å². The molecule has 0 bridgehead atoms. The Kier molecular flexibility index (Phi) is 6.88. The molecular formula is C25H24ClFN6O2S. The van der Waals surface area contributed by atoms with Crippen molar-refractivity contribution in [1.82, 2.24) is 24.8 Å². The maximum atomic E-state index is 13.5. The smallest absolute Gasteiger partial charge is 0.245 e. The average molecular weight is 527 g/mol. The third kappa shape index (κ3) is 4.91. The van der Waals surface area contributed by atoms with E-state index in [4.69, 9.17) is 16.3 Å². The summed E-state index contributed by atoms with van der Waals surface area (Å²) >= 11 is 7.72. The first-order valence-corrected chi connectivity index (χ1v) is 12.7. The lowest BCUT2D eigenvalue weighted by Gasteiger charge is -2.31. The van der Waals surface area contributed by atoms with Crippen molar-refractivity contribution in [3.8, 4) is 5.75 Å². The van der Waals surface area contributed by atoms with Gasteiger partial charge in [0, 0.05) is 25.0 Å². The van der Waals surface area contributed by atoms with Crippen LogP contribution in [0, 0.1) is 12.9 Å². The Hall–Kier alpha value is -3.50. The fourth-order valence-corrected chi connectivity index (χ4v) is 5.37. The molecule has 0 radical (unpaired) electrons. The number of aromatic amines is 1. The van der Waals surface area contributed by atoms with Crippen LogP contribution in [0.1, 0.15) is 34.2 Å². The molecule has 0 aliphatic carbocycles. The summed E-state index contributed by atoms with van der Waals surface area (Å²) in [5, 5.41) is 5.23. The molecule has 4 aromatic rings. The summed E-state index contributed by atoms with van der Waals surface area (Å²) in [6.45, 7) is 6.76. The first-order valence-electron chi connectivity index (χ1n) is 11.5. The number of benzene rings is 1. The van der Waals surface area contributed by atoms with Crippen LogP contribution in [0.3, 0.4) is 0 Å². The lowest BCUT2D eigenvalue weighted by Crippen LogP contribution is -2.36. The zero-order valence-electron chi connectivity index (χ0n) is 19.6. The maximum absolute atomic E-state index is 13.5. The fraction of sp³-hybridized carbons (Fsp3) is 0.280. The Morgan fingerprint density at radius 2 is 2.19 bits per heavy atom. The fourth-order valence-electron chi connectivity index (χ4n) is 4.41. The van der Waals surface area contributed by atoms with Crippen molar-refractivity contribution in [2.45, 2.75) is 32.3 Å². The number of thiazole rings is 1. The minimum atomic E-state index is -0.472. The molecule has 2 N–H and O–H groups in total. The predicted octanol–water partition coefficient (Wildman–Crippen LogP) is 5.73. The molecule has 1 aliphatic heterocycles. The van der Waals surface area contributed by atoms with Crippen LogP contribution >= 0.6 is 22.9 Å². The quantitative estimate of drug-likeness (QED) is 0.298. The number of nitrogens with zero attached hydrogens (tertiary/aromatic N) is 4. The first kappa shape index (κ1) is 24.2. The molecule has 3 aromatic heterocycles. The minimum absolute atomic E-state index is 0.0312. The second-order valence-electron chi connectivity index (χ2n) is 8.51. The van der Waals surface area contributed by atoms with Crippen molar-refractivity contribution >= 4 is 51.4 Å². The van der Waals surface area contributed by atoms with E-state index in [2.05, 4.69) is 31.8 Å². The molecule has 1 aliphatic rings. The number of halogens is 2. The van der Waals surface area contributed by atoms with Gasteiger partial charge in [0.1, 0.15) is 35.2 Å². The lowest BCUT2D eigenvalue weighted by atomic mass is 9.89. The van der Waals surface area contributed by atoms with Crippen LogP contribution in [-0.4, -0.2) is 43.8 Å². The summed E-state index contributed by atoms with van der Waals surface area (Å²) in [7, 11) is 0. The summed E-state index contributed by atoms with van der Waals surface area (Å²) in [6.07, 6.45) is 6.55. The van der Waals surface area contributed by atoms with Gasteiger partial charge in [-0.2, -0.15) is 4.39 Å². The summed E-state index contributed by atoms with van der Waals surface area (Å²) in [6, 6.07) is 5.35. The average Bonchev–Trinajstić information content (AvgIpc) is 3.46. The number of likely N-dealkylation sites (tertiary alicyclic amines) is 1. The van der Waals surface area contributed by atoms with Gasteiger partial charge in [-0.15, -0.1) is 11.3 Å². The van der Waals surface area contributed by atoms with Crippen molar-refractivity contribution in [2.24, 2.45) is 0 Å². The van der Waals surface area contributed by atoms with Gasteiger partial charge < -0.3 is 19.9 Å². The standard InChI is InChI=1S/C25H24ClFN6O2S/c1-3-21(34)33-8-6-15(7-9-33)17-11-28-24-22(17)25(30-13-29-24)31-16-4-5-19(18(26)10-16)35-12-20-32-23(27)14(2)36-20/h3-5,10-11,13,15H,1,6-9,12H2,2H3,(H2,28,29,30,31). The molecule has 0 atom stereocenters. The van der Waals surface area contributed by atoms with E-state index in [-0.39, 0.29) is 18.4 Å². The highest BCUT2D eigenvalue weighted by molar-refractivity contribution is 7.11. The number of amides is 1. The van der Waals surface area contributed by atoms with Crippen molar-refractivity contribution in [1.29, 1.82) is 0 Å². The van der Waals surface area contributed by atoms with Gasteiger partial charge in [-0.25, -0.2) is 15.0 Å². The number of anilines is 2. The van der Waals surface area contributed by atoms with Crippen molar-refractivity contribution in [3.63, 3.8) is 0 Å². The molecule has 5 rings (SSSR count). The molecule has 1 amide bonds. The van der Waals surface area contributed by atoms with Crippen LogP contribution in [0.4, 0.5) is 15.9 Å². The number of fused-ring (bicyclic) bond motifs is 1. The van der Waals surface area contributed by atoms with E-state index in [1.54, 1.807) is 19.1 Å². The SMILES string of the molecule is C=CC(=O)N1CCC(c2c[nH]c3ncnc(Nc4ccc(OCc5nc(F)c(C)s5)c(Cl)c4)c23)CC1. The second kappa shape index (κ2) is 10.2. The number of piperidine rings is 1. The monoisotopic (exact) mass is 526 g/mol. The molecule has 0 spiro atoms. The van der Waals surface area contributed by atoms with Gasteiger partial charge in [0.15, 0.2) is 0 Å². The highest BCUT2D eigenvalue weighted by atomic mass is 35.5. The van der Waals surface area contributed by atoms with E-state index in [9.17, 15) is 9.18 Å². The summed E-state index contributed by atoms with van der Waals surface area (Å²) < 4.78 is 19.2. The topological polar surface area (TPSA) is 96.0 Å². The van der Waals surface area contributed by atoms with Crippen molar-refractivity contribution in [2.75, 3.05) is 18.4 Å². The van der Waals surface area contributed by atoms with E-state index >= 15 is 0 Å². The molecule has 0 saturated carbocycles. The number of hydrogen-bond donors (Lipinski definition) is 2. The largest absolute Gasteiger partial charge is 0.485 e. The molecule has 1 saturated heterocycles. The molecule has 4 heterocycles. The van der Waals surface area contributed by atoms with E-state index < -0.39 is 5.95 Å². The number of aryl methyl sites for hydroxylation is 1. The van der Waals surface area contributed by atoms with E-state index in [0.29, 0.717) is 39.6 Å². The maximum Gasteiger partial charge on any atom is 0.245 e. The van der Waals surface area contributed by atoms with Gasteiger partial charge >= 0.3 is 0 Å². The number of nitrogens with one attached hydrogen (secondary N) is 2. The Morgan fingerprint density at radius 1 is 1.39 bits per heavy atom. The van der Waals surface area contributed by atoms with Gasteiger partial charge in [-0.1, -0.05) is 18.2 Å². The van der Waals surface area contributed by atoms with Crippen LogP contribution < -0.4 is 10.1 Å². The van der Waals surface area contributed by atoms with Gasteiger partial charge in [0.2, 0.25) is 11.9 Å². The molecule has 11 heteroatoms. The normalized spacial score (nSPS) is 14.2. The predicted molar refractivity (Wildman–Crippen MR) is 139 cm³/mol. The molecule has 8 nitrogen and oxygen atoms in total. The molecule has 1 fully saturated rings. The molecular weight excluding hydrogens is 503 g/mol. The molecule has 36 heavy (non-hydrogen) atoms. The van der Waals surface area contributed by atoms with Gasteiger partial charge in [0.25, 0.3) is 0 Å². The Balaban J connectivity index is 1.32. The number of carbonyl (C=O) groups excluding carboxylic acids is 1. The third-order valence-corrected chi connectivity index (χ3v) is 7.47. The molecule has 0 unspecified atom stereocenters. The summed E-state index contributed by atoms with van der Waals surface area (Å²) in [5.74, 6) is 0.917. The summed E-state index contributed by atoms with van der Waals surface area (Å²) in [5.41, 5.74) is 2.60. The Labute approximate surface area is 216 Å². The Morgan fingerprint density at radius 3 is 2.89 bits per heavy atom. The van der Waals surface area contributed by atoms with E-state index in [0.717, 1.165) is 35.1 Å². The highest BCUT2D eigenvalue weighted by Crippen LogP contribution is 2.37. The van der Waals surface area contributed by atoms with Crippen LogP contribution in [0.25, 0.3) is 11.0 Å².